The van der Waals surface area contributed by atoms with Crippen LogP contribution in [0.15, 0.2) is 24.5 Å². The molecular formula is C12H13N3O. The van der Waals surface area contributed by atoms with Crippen LogP contribution in [0.4, 0.5) is 0 Å². The Labute approximate surface area is 94.5 Å². The second-order valence-corrected chi connectivity index (χ2v) is 3.88. The summed E-state index contributed by atoms with van der Waals surface area (Å²) in [6.07, 6.45) is 5.72. The molecule has 1 fully saturated rings. The zero-order chi connectivity index (χ0) is 11.4. The Morgan fingerprint density at radius 2 is 2.44 bits per heavy atom. The quantitative estimate of drug-likeness (QED) is 0.766. The highest BCUT2D eigenvalue weighted by atomic mass is 16.2. The fourth-order valence-electron chi connectivity index (χ4n) is 1.66. The topological polar surface area (TPSA) is 57.0 Å². The predicted molar refractivity (Wildman–Crippen MR) is 58.5 cm³/mol. The fourth-order valence-corrected chi connectivity index (χ4v) is 1.66. The minimum Gasteiger partial charge on any atom is -0.335 e. The summed E-state index contributed by atoms with van der Waals surface area (Å²) in [5.41, 5.74) is 0.604. The Morgan fingerprint density at radius 3 is 3.00 bits per heavy atom. The Balaban J connectivity index is 2.08. The van der Waals surface area contributed by atoms with E-state index in [1.807, 2.05) is 0 Å². The van der Waals surface area contributed by atoms with E-state index in [1.165, 1.54) is 0 Å². The van der Waals surface area contributed by atoms with Crippen molar-refractivity contribution in [3.8, 4) is 6.07 Å². The number of rotatable bonds is 4. The molecule has 0 N–H and O–H groups in total. The van der Waals surface area contributed by atoms with Crippen molar-refractivity contribution >= 4 is 5.91 Å². The second kappa shape index (κ2) is 4.75. The zero-order valence-corrected chi connectivity index (χ0v) is 8.97. The van der Waals surface area contributed by atoms with Crippen LogP contribution in [-0.4, -0.2) is 28.4 Å². The third-order valence-corrected chi connectivity index (χ3v) is 2.62. The standard InChI is InChI=1S/C12H13N3O/c13-6-2-8-15(11-4-5-11)12(16)10-3-1-7-14-9-10/h1,3,7,9,11H,2,4-5,8H2. The molecule has 4 heteroatoms. The number of pyridine rings is 1. The van der Waals surface area contributed by atoms with Gasteiger partial charge in [0.25, 0.3) is 5.91 Å². The highest BCUT2D eigenvalue weighted by Gasteiger charge is 2.32. The van der Waals surface area contributed by atoms with Crippen molar-refractivity contribution in [3.63, 3.8) is 0 Å². The first-order chi connectivity index (χ1) is 7.83. The van der Waals surface area contributed by atoms with E-state index in [9.17, 15) is 4.79 Å². The third-order valence-electron chi connectivity index (χ3n) is 2.62. The SMILES string of the molecule is N#CCCN(C(=O)c1cccnc1)C1CC1. The summed E-state index contributed by atoms with van der Waals surface area (Å²) >= 11 is 0. The number of amides is 1. The number of carbonyl (C=O) groups excluding carboxylic acids is 1. The molecule has 1 aliphatic carbocycles. The molecule has 0 bridgehead atoms. The van der Waals surface area contributed by atoms with Gasteiger partial charge in [-0.2, -0.15) is 5.26 Å². The summed E-state index contributed by atoms with van der Waals surface area (Å²) in [7, 11) is 0. The first kappa shape index (κ1) is 10.6. The average Bonchev–Trinajstić information content (AvgIpc) is 3.15. The van der Waals surface area contributed by atoms with Crippen LogP contribution < -0.4 is 0 Å². The molecule has 2 rings (SSSR count). The number of hydrogen-bond acceptors (Lipinski definition) is 3. The normalized spacial score (nSPS) is 14.2. The lowest BCUT2D eigenvalue weighted by molar-refractivity contribution is 0.0746. The summed E-state index contributed by atoms with van der Waals surface area (Å²) in [4.78, 5) is 17.8. The van der Waals surface area contributed by atoms with Gasteiger partial charge in [0.05, 0.1) is 18.1 Å². The number of carbonyl (C=O) groups is 1. The molecule has 16 heavy (non-hydrogen) atoms. The highest BCUT2D eigenvalue weighted by molar-refractivity contribution is 5.94. The van der Waals surface area contributed by atoms with E-state index in [2.05, 4.69) is 11.1 Å². The Kier molecular flexibility index (Phi) is 3.16. The number of nitrogens with zero attached hydrogens (tertiary/aromatic N) is 3. The molecule has 1 aromatic heterocycles. The number of nitriles is 1. The molecule has 82 valence electrons. The first-order valence-electron chi connectivity index (χ1n) is 5.41. The van der Waals surface area contributed by atoms with E-state index in [4.69, 9.17) is 5.26 Å². The molecule has 1 aromatic rings. The maximum atomic E-state index is 12.1. The van der Waals surface area contributed by atoms with Gasteiger partial charge >= 0.3 is 0 Å². The molecule has 0 unspecified atom stereocenters. The minimum absolute atomic E-state index is 0.00847. The summed E-state index contributed by atoms with van der Waals surface area (Å²) in [6, 6.07) is 5.93. The van der Waals surface area contributed by atoms with Gasteiger partial charge in [0.1, 0.15) is 0 Å². The summed E-state index contributed by atoms with van der Waals surface area (Å²) in [6.45, 7) is 0.523. The van der Waals surface area contributed by atoms with E-state index < -0.39 is 0 Å². The van der Waals surface area contributed by atoms with E-state index in [1.54, 1.807) is 29.4 Å². The van der Waals surface area contributed by atoms with Crippen LogP contribution >= 0.6 is 0 Å². The van der Waals surface area contributed by atoms with Crippen LogP contribution in [0.25, 0.3) is 0 Å². The lowest BCUT2D eigenvalue weighted by atomic mass is 10.2. The molecule has 0 atom stereocenters. The lowest BCUT2D eigenvalue weighted by Gasteiger charge is -2.20. The van der Waals surface area contributed by atoms with Crippen molar-refractivity contribution in [3.05, 3.63) is 30.1 Å². The van der Waals surface area contributed by atoms with Crippen molar-refractivity contribution in [2.75, 3.05) is 6.54 Å². The molecule has 0 radical (unpaired) electrons. The van der Waals surface area contributed by atoms with E-state index in [-0.39, 0.29) is 5.91 Å². The van der Waals surface area contributed by atoms with Crippen LogP contribution in [-0.2, 0) is 0 Å². The molecule has 4 nitrogen and oxygen atoms in total. The molecule has 1 amide bonds. The third kappa shape index (κ3) is 2.37. The fraction of sp³-hybridized carbons (Fsp3) is 0.417. The largest absolute Gasteiger partial charge is 0.335 e. The van der Waals surface area contributed by atoms with Crippen LogP contribution in [0.2, 0.25) is 0 Å². The van der Waals surface area contributed by atoms with Gasteiger partial charge in [0.15, 0.2) is 0 Å². The number of aromatic nitrogens is 1. The van der Waals surface area contributed by atoms with Gasteiger partial charge in [-0.3, -0.25) is 9.78 Å². The van der Waals surface area contributed by atoms with Gasteiger partial charge in [-0.1, -0.05) is 0 Å². The maximum absolute atomic E-state index is 12.1. The smallest absolute Gasteiger partial charge is 0.255 e. The summed E-state index contributed by atoms with van der Waals surface area (Å²) < 4.78 is 0. The maximum Gasteiger partial charge on any atom is 0.255 e. The highest BCUT2D eigenvalue weighted by Crippen LogP contribution is 2.28. The first-order valence-corrected chi connectivity index (χ1v) is 5.41. The van der Waals surface area contributed by atoms with E-state index in [0.29, 0.717) is 24.6 Å². The van der Waals surface area contributed by atoms with Crippen molar-refractivity contribution in [2.24, 2.45) is 0 Å². The molecule has 0 spiro atoms. The van der Waals surface area contributed by atoms with E-state index >= 15 is 0 Å². The minimum atomic E-state index is -0.00847. The van der Waals surface area contributed by atoms with Crippen LogP contribution in [0.1, 0.15) is 29.6 Å². The van der Waals surface area contributed by atoms with Crippen molar-refractivity contribution < 1.29 is 4.79 Å². The molecule has 0 aliphatic heterocycles. The Bertz CT molecular complexity index is 406. The van der Waals surface area contributed by atoms with Crippen LogP contribution in [0.3, 0.4) is 0 Å². The van der Waals surface area contributed by atoms with Gasteiger partial charge in [0, 0.05) is 25.0 Å². The van der Waals surface area contributed by atoms with Gasteiger partial charge in [-0.25, -0.2) is 0 Å². The summed E-state index contributed by atoms with van der Waals surface area (Å²) in [5, 5.41) is 8.57. The molecule has 1 aliphatic rings. The van der Waals surface area contributed by atoms with Gasteiger partial charge < -0.3 is 4.90 Å². The van der Waals surface area contributed by atoms with Gasteiger partial charge in [-0.05, 0) is 25.0 Å². The van der Waals surface area contributed by atoms with Crippen molar-refractivity contribution in [1.29, 1.82) is 5.26 Å². The lowest BCUT2D eigenvalue weighted by Crippen LogP contribution is -2.33. The van der Waals surface area contributed by atoms with E-state index in [0.717, 1.165) is 12.8 Å². The van der Waals surface area contributed by atoms with Gasteiger partial charge in [0.2, 0.25) is 0 Å². The molecule has 0 saturated heterocycles. The molecule has 0 aromatic carbocycles. The second-order valence-electron chi connectivity index (χ2n) is 3.88. The summed E-state index contributed by atoms with van der Waals surface area (Å²) in [5.74, 6) is -0.00847. The Morgan fingerprint density at radius 1 is 1.62 bits per heavy atom. The molecular weight excluding hydrogens is 202 g/mol. The monoisotopic (exact) mass is 215 g/mol. The Hall–Kier alpha value is -1.89. The number of hydrogen-bond donors (Lipinski definition) is 0. The van der Waals surface area contributed by atoms with Gasteiger partial charge in [-0.15, -0.1) is 0 Å². The zero-order valence-electron chi connectivity index (χ0n) is 8.97. The molecule has 1 saturated carbocycles. The molecule has 1 heterocycles. The van der Waals surface area contributed by atoms with Crippen molar-refractivity contribution in [1.82, 2.24) is 9.88 Å². The van der Waals surface area contributed by atoms with Crippen LogP contribution in [0.5, 0.6) is 0 Å². The average molecular weight is 215 g/mol. The van der Waals surface area contributed by atoms with Crippen LogP contribution in [0, 0.1) is 11.3 Å². The van der Waals surface area contributed by atoms with Crippen molar-refractivity contribution in [2.45, 2.75) is 25.3 Å². The predicted octanol–water partition coefficient (Wildman–Crippen LogP) is 1.60.